The van der Waals surface area contributed by atoms with Crippen molar-refractivity contribution in [3.8, 4) is 0 Å². The van der Waals surface area contributed by atoms with Gasteiger partial charge in [0, 0.05) is 13.6 Å². The fraction of sp³-hybridized carbons (Fsp3) is 0.938. The molecule has 4 bridgehead atoms. The van der Waals surface area contributed by atoms with Gasteiger partial charge >= 0.3 is 0 Å². The summed E-state index contributed by atoms with van der Waals surface area (Å²) in [5.41, 5.74) is 7.10. The van der Waals surface area contributed by atoms with Gasteiger partial charge in [-0.2, -0.15) is 0 Å². The number of rotatable bonds is 3. The molecule has 4 aliphatic carbocycles. The Balaban J connectivity index is 1.50. The smallest absolute Gasteiger partial charge is 0.116 e. The van der Waals surface area contributed by atoms with Crippen molar-refractivity contribution >= 4 is 5.84 Å². The number of nitrogens with two attached hydrogens (primary N) is 1. The van der Waals surface area contributed by atoms with Crippen LogP contribution in [0.1, 0.15) is 44.9 Å². The Morgan fingerprint density at radius 3 is 2.26 bits per heavy atom. The molecule has 0 spiro atoms. The van der Waals surface area contributed by atoms with Crippen LogP contribution < -0.4 is 5.73 Å². The molecule has 3 nitrogen and oxygen atoms in total. The third-order valence-corrected chi connectivity index (χ3v) is 6.25. The number of hydrogen-bond acceptors (Lipinski definition) is 3. The van der Waals surface area contributed by atoms with E-state index in [0.29, 0.717) is 5.41 Å². The number of aliphatic imine (C=N–C) groups is 1. The van der Waals surface area contributed by atoms with E-state index in [9.17, 15) is 0 Å². The fourth-order valence-corrected chi connectivity index (χ4v) is 6.05. The van der Waals surface area contributed by atoms with Gasteiger partial charge < -0.3 is 10.6 Å². The van der Waals surface area contributed by atoms with Gasteiger partial charge in [0.2, 0.25) is 0 Å². The van der Waals surface area contributed by atoms with Crippen LogP contribution in [-0.4, -0.2) is 36.9 Å². The van der Waals surface area contributed by atoms with Crippen molar-refractivity contribution in [3.63, 3.8) is 0 Å². The van der Waals surface area contributed by atoms with Crippen LogP contribution in [0.2, 0.25) is 0 Å². The lowest BCUT2D eigenvalue weighted by Gasteiger charge is -2.57. The summed E-state index contributed by atoms with van der Waals surface area (Å²) in [6.45, 7) is 2.00. The first kappa shape index (κ1) is 12.2. The molecule has 0 aromatic rings. The summed E-state index contributed by atoms with van der Waals surface area (Å²) in [7, 11) is 2.14. The number of amidine groups is 1. The summed E-state index contributed by atoms with van der Waals surface area (Å²) in [5.74, 6) is 4.26. The maximum atomic E-state index is 6.52. The predicted molar refractivity (Wildman–Crippen MR) is 78.1 cm³/mol. The van der Waals surface area contributed by atoms with E-state index in [-0.39, 0.29) is 6.04 Å². The van der Waals surface area contributed by atoms with Crippen LogP contribution in [0.3, 0.4) is 0 Å². The second kappa shape index (κ2) is 4.21. The largest absolute Gasteiger partial charge is 0.360 e. The summed E-state index contributed by atoms with van der Waals surface area (Å²) in [4.78, 5) is 6.90. The molecule has 1 atom stereocenters. The molecule has 1 unspecified atom stereocenters. The molecule has 4 fully saturated rings. The molecule has 1 aliphatic heterocycles. The maximum Gasteiger partial charge on any atom is 0.116 e. The van der Waals surface area contributed by atoms with Crippen LogP contribution in [0.25, 0.3) is 0 Å². The molecular weight excluding hydrogens is 234 g/mol. The summed E-state index contributed by atoms with van der Waals surface area (Å²) in [5, 5.41) is 0. The maximum absolute atomic E-state index is 6.52. The van der Waals surface area contributed by atoms with Crippen LogP contribution in [0.5, 0.6) is 0 Å². The zero-order chi connectivity index (χ0) is 13.0. The standard InChI is InChI=1S/C16H27N3/c1-19-3-2-18-15(19)14(17)10-16-7-11-4-12(8-16)6-13(5-11)9-16/h11-14H,2-10,17H2,1H3. The normalized spacial score (nSPS) is 45.7. The summed E-state index contributed by atoms with van der Waals surface area (Å²) in [6.07, 6.45) is 10.1. The van der Waals surface area contributed by atoms with E-state index in [1.165, 1.54) is 50.8 Å². The number of likely N-dealkylation sites (N-methyl/N-ethyl adjacent to an activating group) is 1. The highest BCUT2D eigenvalue weighted by atomic mass is 15.2. The topological polar surface area (TPSA) is 41.6 Å². The van der Waals surface area contributed by atoms with Crippen molar-refractivity contribution in [2.45, 2.75) is 51.0 Å². The summed E-state index contributed by atoms with van der Waals surface area (Å²) < 4.78 is 0. The molecule has 4 saturated carbocycles. The lowest BCUT2D eigenvalue weighted by molar-refractivity contribution is -0.0580. The first-order valence-corrected chi connectivity index (χ1v) is 8.15. The summed E-state index contributed by atoms with van der Waals surface area (Å²) >= 11 is 0. The Kier molecular flexibility index (Phi) is 2.70. The molecule has 0 radical (unpaired) electrons. The van der Waals surface area contributed by atoms with Crippen molar-refractivity contribution in [1.29, 1.82) is 0 Å². The Labute approximate surface area is 116 Å². The number of hydrogen-bond donors (Lipinski definition) is 1. The molecule has 19 heavy (non-hydrogen) atoms. The van der Waals surface area contributed by atoms with Crippen molar-refractivity contribution in [3.05, 3.63) is 0 Å². The molecule has 1 heterocycles. The minimum absolute atomic E-state index is 0.184. The van der Waals surface area contributed by atoms with E-state index >= 15 is 0 Å². The molecule has 0 saturated heterocycles. The van der Waals surface area contributed by atoms with Gasteiger partial charge in [0.25, 0.3) is 0 Å². The monoisotopic (exact) mass is 261 g/mol. The zero-order valence-corrected chi connectivity index (χ0v) is 12.1. The van der Waals surface area contributed by atoms with Crippen LogP contribution in [0.15, 0.2) is 4.99 Å². The molecule has 0 aromatic carbocycles. The Hall–Kier alpha value is -0.570. The lowest BCUT2D eigenvalue weighted by atomic mass is 9.48. The minimum Gasteiger partial charge on any atom is -0.360 e. The first-order valence-electron chi connectivity index (χ1n) is 8.15. The SMILES string of the molecule is CN1CCN=C1C(N)CC12CC3CC(CC(C3)C1)C2. The molecule has 0 amide bonds. The average molecular weight is 261 g/mol. The van der Waals surface area contributed by atoms with Gasteiger partial charge in [-0.25, -0.2) is 0 Å². The zero-order valence-electron chi connectivity index (χ0n) is 12.1. The average Bonchev–Trinajstić information content (AvgIpc) is 2.72. The number of nitrogens with zero attached hydrogens (tertiary/aromatic N) is 2. The highest BCUT2D eigenvalue weighted by molar-refractivity contribution is 5.88. The van der Waals surface area contributed by atoms with Crippen LogP contribution >= 0.6 is 0 Å². The lowest BCUT2D eigenvalue weighted by Crippen LogP contribution is -2.50. The highest BCUT2D eigenvalue weighted by Crippen LogP contribution is 2.61. The molecule has 106 valence electrons. The van der Waals surface area contributed by atoms with E-state index < -0.39 is 0 Å². The third-order valence-electron chi connectivity index (χ3n) is 6.25. The Morgan fingerprint density at radius 2 is 1.79 bits per heavy atom. The van der Waals surface area contributed by atoms with E-state index in [1.807, 2.05) is 0 Å². The Bertz CT molecular complexity index is 366. The van der Waals surface area contributed by atoms with Gasteiger partial charge in [-0.1, -0.05) is 0 Å². The van der Waals surface area contributed by atoms with E-state index in [4.69, 9.17) is 5.73 Å². The van der Waals surface area contributed by atoms with E-state index in [0.717, 1.165) is 30.8 Å². The van der Waals surface area contributed by atoms with Crippen molar-refractivity contribution < 1.29 is 0 Å². The molecular formula is C16H27N3. The predicted octanol–water partition coefficient (Wildman–Crippen LogP) is 2.26. The van der Waals surface area contributed by atoms with Gasteiger partial charge in [0.15, 0.2) is 0 Å². The second-order valence-electron chi connectivity index (χ2n) is 7.89. The molecule has 5 aliphatic rings. The van der Waals surface area contributed by atoms with Crippen molar-refractivity contribution in [1.82, 2.24) is 4.90 Å². The van der Waals surface area contributed by atoms with Crippen LogP contribution in [-0.2, 0) is 0 Å². The van der Waals surface area contributed by atoms with Gasteiger partial charge in [0.1, 0.15) is 5.84 Å². The molecule has 2 N–H and O–H groups in total. The molecule has 0 aromatic heterocycles. The fourth-order valence-electron chi connectivity index (χ4n) is 6.05. The van der Waals surface area contributed by atoms with Crippen molar-refractivity contribution in [2.24, 2.45) is 33.9 Å². The van der Waals surface area contributed by atoms with Gasteiger partial charge in [0.05, 0.1) is 12.6 Å². The van der Waals surface area contributed by atoms with Gasteiger partial charge in [-0.3, -0.25) is 4.99 Å². The quantitative estimate of drug-likeness (QED) is 0.846. The molecule has 5 rings (SSSR count). The van der Waals surface area contributed by atoms with E-state index in [1.54, 1.807) is 0 Å². The first-order chi connectivity index (χ1) is 9.13. The van der Waals surface area contributed by atoms with Crippen LogP contribution in [0.4, 0.5) is 0 Å². The highest BCUT2D eigenvalue weighted by Gasteiger charge is 2.51. The Morgan fingerprint density at radius 1 is 1.21 bits per heavy atom. The van der Waals surface area contributed by atoms with Gasteiger partial charge in [-0.05, 0) is 68.1 Å². The van der Waals surface area contributed by atoms with E-state index in [2.05, 4.69) is 16.9 Å². The summed E-state index contributed by atoms with van der Waals surface area (Å²) in [6, 6.07) is 0.184. The molecule has 3 heteroatoms. The third kappa shape index (κ3) is 2.01. The van der Waals surface area contributed by atoms with Crippen LogP contribution in [0, 0.1) is 23.2 Å². The minimum atomic E-state index is 0.184. The second-order valence-corrected chi connectivity index (χ2v) is 7.89. The van der Waals surface area contributed by atoms with Crippen molar-refractivity contribution in [2.75, 3.05) is 20.1 Å². The van der Waals surface area contributed by atoms with Gasteiger partial charge in [-0.15, -0.1) is 0 Å².